The molecule has 126 valence electrons. The van der Waals surface area contributed by atoms with Crippen LogP contribution < -0.4 is 5.56 Å². The third-order valence-electron chi connectivity index (χ3n) is 3.31. The molecule has 0 atom stereocenters. The number of benzene rings is 1. The summed E-state index contributed by atoms with van der Waals surface area (Å²) in [5.74, 6) is -0.838. The van der Waals surface area contributed by atoms with E-state index in [0.717, 1.165) is 0 Å². The molecule has 0 spiro atoms. The second kappa shape index (κ2) is 7.21. The summed E-state index contributed by atoms with van der Waals surface area (Å²) >= 11 is 0. The van der Waals surface area contributed by atoms with Crippen molar-refractivity contribution in [2.24, 2.45) is 0 Å². The van der Waals surface area contributed by atoms with Crippen LogP contribution in [0.1, 0.15) is 35.9 Å². The van der Waals surface area contributed by atoms with Crippen LogP contribution in [0.5, 0.6) is 0 Å². The quantitative estimate of drug-likeness (QED) is 0.625. The van der Waals surface area contributed by atoms with Crippen LogP contribution in [0.4, 0.5) is 4.39 Å². The van der Waals surface area contributed by atoms with E-state index in [2.05, 4.69) is 5.10 Å². The van der Waals surface area contributed by atoms with Gasteiger partial charge < -0.3 is 4.90 Å². The Labute approximate surface area is 140 Å². The first-order valence-corrected chi connectivity index (χ1v) is 7.58. The molecule has 6 heteroatoms. The van der Waals surface area contributed by atoms with Crippen LogP contribution in [-0.2, 0) is 0 Å². The second-order valence-electron chi connectivity index (χ2n) is 5.94. The Bertz CT molecular complexity index is 838. The van der Waals surface area contributed by atoms with Crippen molar-refractivity contribution in [2.45, 2.75) is 19.9 Å². The predicted octanol–water partition coefficient (Wildman–Crippen LogP) is 2.75. The Kier molecular flexibility index (Phi) is 5.28. The maximum absolute atomic E-state index is 13.4. The molecule has 0 unspecified atom stereocenters. The highest BCUT2D eigenvalue weighted by Gasteiger charge is 2.18. The lowest BCUT2D eigenvalue weighted by Crippen LogP contribution is -2.25. The molecule has 1 aromatic carbocycles. The third kappa shape index (κ3) is 3.95. The number of hydrogen-bond acceptors (Lipinski definition) is 4. The molecule has 24 heavy (non-hydrogen) atoms. The Morgan fingerprint density at radius 3 is 2.54 bits per heavy atom. The van der Waals surface area contributed by atoms with E-state index in [1.54, 1.807) is 31.3 Å². The van der Waals surface area contributed by atoms with Gasteiger partial charge in [0.25, 0.3) is 5.56 Å². The number of ketones is 1. The van der Waals surface area contributed by atoms with Crippen molar-refractivity contribution in [2.75, 3.05) is 14.1 Å². The van der Waals surface area contributed by atoms with Gasteiger partial charge in [-0.2, -0.15) is 5.10 Å². The van der Waals surface area contributed by atoms with Gasteiger partial charge in [-0.1, -0.05) is 12.1 Å². The molecular formula is C18H20FN3O2. The van der Waals surface area contributed by atoms with Crippen LogP contribution >= 0.6 is 0 Å². The highest BCUT2D eigenvalue weighted by molar-refractivity contribution is 6.28. The predicted molar refractivity (Wildman–Crippen MR) is 91.3 cm³/mol. The van der Waals surface area contributed by atoms with E-state index < -0.39 is 5.82 Å². The van der Waals surface area contributed by atoms with Gasteiger partial charge in [0, 0.05) is 31.9 Å². The minimum atomic E-state index is -0.481. The number of nitrogens with zero attached hydrogens (tertiary/aromatic N) is 3. The van der Waals surface area contributed by atoms with Gasteiger partial charge in [-0.3, -0.25) is 9.59 Å². The number of carbonyl (C=O) groups is 1. The van der Waals surface area contributed by atoms with E-state index in [4.69, 9.17) is 0 Å². The molecule has 0 bridgehead atoms. The minimum Gasteiger partial charge on any atom is -0.383 e. The Morgan fingerprint density at radius 1 is 1.25 bits per heavy atom. The zero-order valence-corrected chi connectivity index (χ0v) is 14.2. The van der Waals surface area contributed by atoms with Crippen LogP contribution in [0.2, 0.25) is 0 Å². The molecule has 0 saturated carbocycles. The van der Waals surface area contributed by atoms with Gasteiger partial charge in [0.15, 0.2) is 5.78 Å². The van der Waals surface area contributed by atoms with Crippen LogP contribution in [0.25, 0.3) is 5.57 Å². The molecule has 1 aromatic heterocycles. The van der Waals surface area contributed by atoms with Crippen molar-refractivity contribution in [3.8, 4) is 0 Å². The van der Waals surface area contributed by atoms with Crippen LogP contribution in [-0.4, -0.2) is 34.6 Å². The zero-order chi connectivity index (χ0) is 17.9. The third-order valence-corrected chi connectivity index (χ3v) is 3.31. The molecule has 5 nitrogen and oxygen atoms in total. The lowest BCUT2D eigenvalue weighted by Gasteiger charge is -2.14. The maximum atomic E-state index is 13.4. The molecule has 2 rings (SSSR count). The first kappa shape index (κ1) is 17.6. The number of aromatic nitrogens is 2. The van der Waals surface area contributed by atoms with Gasteiger partial charge in [0.05, 0.1) is 17.3 Å². The molecule has 0 amide bonds. The minimum absolute atomic E-state index is 0.137. The normalized spacial score (nSPS) is 11.7. The summed E-state index contributed by atoms with van der Waals surface area (Å²) < 4.78 is 14.8. The molecule has 0 aliphatic rings. The average Bonchev–Trinajstić information content (AvgIpc) is 2.52. The Balaban J connectivity index is 2.57. The fraction of sp³-hybridized carbons (Fsp3) is 0.278. The molecule has 0 aliphatic carbocycles. The van der Waals surface area contributed by atoms with E-state index in [1.807, 2.05) is 13.8 Å². The molecule has 0 radical (unpaired) electrons. The van der Waals surface area contributed by atoms with Gasteiger partial charge in [-0.05, 0) is 32.0 Å². The number of allylic oxidation sites excluding steroid dienone is 1. The van der Waals surface area contributed by atoms with E-state index in [-0.39, 0.29) is 22.9 Å². The summed E-state index contributed by atoms with van der Waals surface area (Å²) in [7, 11) is 3.55. The number of carbonyl (C=O) groups excluding carboxylic acids is 1. The first-order valence-electron chi connectivity index (χ1n) is 7.58. The topological polar surface area (TPSA) is 55.2 Å². The zero-order valence-electron chi connectivity index (χ0n) is 14.2. The Morgan fingerprint density at radius 2 is 1.96 bits per heavy atom. The second-order valence-corrected chi connectivity index (χ2v) is 5.94. The van der Waals surface area contributed by atoms with E-state index >= 15 is 0 Å². The number of hydrogen-bond donors (Lipinski definition) is 0. The van der Waals surface area contributed by atoms with Gasteiger partial charge in [0.2, 0.25) is 0 Å². The van der Waals surface area contributed by atoms with Crippen LogP contribution in [0.3, 0.4) is 0 Å². The summed E-state index contributed by atoms with van der Waals surface area (Å²) in [6.45, 7) is 3.67. The fourth-order valence-electron chi connectivity index (χ4n) is 2.22. The monoisotopic (exact) mass is 329 g/mol. The number of halogens is 1. The standard InChI is InChI=1S/C18H20FN3O2/c1-12(2)22-17(23)9-8-16(20-22)15(11-21(3)4)18(24)13-6-5-7-14(19)10-13/h5-12H,1-4H3/b15-11-. The summed E-state index contributed by atoms with van der Waals surface area (Å²) in [6, 6.07) is 8.25. The molecule has 2 aromatic rings. The lowest BCUT2D eigenvalue weighted by atomic mass is 10.0. The van der Waals surface area contributed by atoms with Crippen molar-refractivity contribution in [1.82, 2.24) is 14.7 Å². The Hall–Kier alpha value is -2.76. The largest absolute Gasteiger partial charge is 0.383 e. The molecule has 0 N–H and O–H groups in total. The number of rotatable bonds is 5. The highest BCUT2D eigenvalue weighted by atomic mass is 19.1. The summed E-state index contributed by atoms with van der Waals surface area (Å²) in [5.41, 5.74) is 0.648. The van der Waals surface area contributed by atoms with Crippen LogP contribution in [0, 0.1) is 5.82 Å². The summed E-state index contributed by atoms with van der Waals surface area (Å²) in [6.07, 6.45) is 1.62. The van der Waals surface area contributed by atoms with Crippen molar-refractivity contribution in [3.05, 3.63) is 70.0 Å². The van der Waals surface area contributed by atoms with Crippen molar-refractivity contribution in [3.63, 3.8) is 0 Å². The van der Waals surface area contributed by atoms with Gasteiger partial charge in [0.1, 0.15) is 5.82 Å². The maximum Gasteiger partial charge on any atom is 0.267 e. The van der Waals surface area contributed by atoms with E-state index in [1.165, 1.54) is 35.0 Å². The van der Waals surface area contributed by atoms with Crippen molar-refractivity contribution >= 4 is 11.4 Å². The first-order chi connectivity index (χ1) is 11.3. The molecule has 1 heterocycles. The van der Waals surface area contributed by atoms with Crippen molar-refractivity contribution in [1.29, 1.82) is 0 Å². The van der Waals surface area contributed by atoms with Gasteiger partial charge in [-0.25, -0.2) is 9.07 Å². The lowest BCUT2D eigenvalue weighted by molar-refractivity contribution is 0.105. The van der Waals surface area contributed by atoms with Gasteiger partial charge >= 0.3 is 0 Å². The molecule has 0 fully saturated rings. The number of Topliss-reactive ketones (excluding diaryl/α,β-unsaturated/α-hetero) is 1. The van der Waals surface area contributed by atoms with E-state index in [9.17, 15) is 14.0 Å². The van der Waals surface area contributed by atoms with E-state index in [0.29, 0.717) is 11.3 Å². The summed E-state index contributed by atoms with van der Waals surface area (Å²) in [5, 5.41) is 4.29. The van der Waals surface area contributed by atoms with Crippen LogP contribution in [0.15, 0.2) is 47.4 Å². The molecule has 0 saturated heterocycles. The van der Waals surface area contributed by atoms with Gasteiger partial charge in [-0.15, -0.1) is 0 Å². The fourth-order valence-corrected chi connectivity index (χ4v) is 2.22. The smallest absolute Gasteiger partial charge is 0.267 e. The SMILES string of the molecule is CC(C)n1nc(/C(=C/N(C)C)C(=O)c2cccc(F)c2)ccc1=O. The van der Waals surface area contributed by atoms with Crippen molar-refractivity contribution < 1.29 is 9.18 Å². The molecular weight excluding hydrogens is 309 g/mol. The summed E-state index contributed by atoms with van der Waals surface area (Å²) in [4.78, 5) is 26.4. The average molecular weight is 329 g/mol. The highest BCUT2D eigenvalue weighted by Crippen LogP contribution is 2.19. The molecule has 0 aliphatic heterocycles.